The smallest absolute Gasteiger partial charge is 0.240 e. The van der Waals surface area contributed by atoms with Gasteiger partial charge in [-0.15, -0.1) is 11.3 Å². The summed E-state index contributed by atoms with van der Waals surface area (Å²) in [6.45, 7) is 3.44. The Kier molecular flexibility index (Phi) is 5.88. The Morgan fingerprint density at radius 1 is 1.15 bits per heavy atom. The topological polar surface area (TPSA) is 101 Å². The van der Waals surface area contributed by atoms with Crippen LogP contribution >= 0.6 is 11.3 Å². The van der Waals surface area contributed by atoms with E-state index in [-0.39, 0.29) is 5.91 Å². The van der Waals surface area contributed by atoms with Gasteiger partial charge in [0, 0.05) is 44.2 Å². The highest BCUT2D eigenvalue weighted by Gasteiger charge is 2.22. The summed E-state index contributed by atoms with van der Waals surface area (Å²) in [6.07, 6.45) is 3.38. The number of ether oxygens (including phenoxy) is 1. The van der Waals surface area contributed by atoms with Gasteiger partial charge >= 0.3 is 0 Å². The van der Waals surface area contributed by atoms with E-state index in [0.717, 1.165) is 60.0 Å². The summed E-state index contributed by atoms with van der Waals surface area (Å²) in [7, 11) is 3.51. The van der Waals surface area contributed by atoms with E-state index in [9.17, 15) is 4.79 Å². The fraction of sp³-hybridized carbons (Fsp3) is 0.318. The molecule has 0 spiro atoms. The van der Waals surface area contributed by atoms with Crippen molar-refractivity contribution in [3.63, 3.8) is 0 Å². The van der Waals surface area contributed by atoms with Crippen LogP contribution in [0.2, 0.25) is 0 Å². The number of fused-ring (bicyclic) bond motifs is 1. The summed E-state index contributed by atoms with van der Waals surface area (Å²) >= 11 is 1.42. The first-order chi connectivity index (χ1) is 16.1. The van der Waals surface area contributed by atoms with Gasteiger partial charge in [-0.05, 0) is 24.3 Å². The zero-order chi connectivity index (χ0) is 22.8. The number of aromatic nitrogens is 5. The zero-order valence-corrected chi connectivity index (χ0v) is 19.2. The second kappa shape index (κ2) is 9.12. The number of carbonyl (C=O) groups excluding carboxylic acids is 1. The van der Waals surface area contributed by atoms with Crippen LogP contribution in [0.5, 0.6) is 5.75 Å². The van der Waals surface area contributed by atoms with Crippen LogP contribution in [0.25, 0.3) is 22.3 Å². The number of nitrogens with zero attached hydrogens (tertiary/aromatic N) is 7. The maximum atomic E-state index is 12.6. The molecule has 1 aliphatic heterocycles. The van der Waals surface area contributed by atoms with Crippen molar-refractivity contribution in [3.05, 3.63) is 42.2 Å². The molecule has 1 N–H and O–H groups in total. The number of piperazine rings is 1. The lowest BCUT2D eigenvalue weighted by Crippen LogP contribution is -2.49. The molecular formula is C22H24N8O2S. The molecule has 33 heavy (non-hydrogen) atoms. The second-order valence-electron chi connectivity index (χ2n) is 7.78. The number of rotatable bonds is 6. The molecule has 1 aliphatic rings. The molecule has 11 heteroatoms. The van der Waals surface area contributed by atoms with Crippen LogP contribution in [0, 0.1) is 0 Å². The molecule has 0 aliphatic carbocycles. The zero-order valence-electron chi connectivity index (χ0n) is 18.4. The summed E-state index contributed by atoms with van der Waals surface area (Å²) < 4.78 is 6.94. The van der Waals surface area contributed by atoms with Crippen LogP contribution in [0.15, 0.2) is 42.2 Å². The maximum absolute atomic E-state index is 12.6. The predicted octanol–water partition coefficient (Wildman–Crippen LogP) is 2.26. The van der Waals surface area contributed by atoms with Gasteiger partial charge in [0.15, 0.2) is 10.8 Å². The third kappa shape index (κ3) is 4.50. The minimum Gasteiger partial charge on any atom is -0.497 e. The van der Waals surface area contributed by atoms with Gasteiger partial charge in [0.05, 0.1) is 30.9 Å². The predicted molar refractivity (Wildman–Crippen MR) is 128 cm³/mol. The van der Waals surface area contributed by atoms with Gasteiger partial charge in [-0.25, -0.2) is 15.0 Å². The molecule has 170 valence electrons. The standard InChI is InChI=1S/C22H24N8O2S/c1-28-20-17(11-25-28)21(24-14-23-20)30-9-7-29(8-10-30)12-19(31)27-22-26-18(13-33-22)15-3-5-16(32-2)6-4-15/h3-6,11,13-14H,7-10,12H2,1-2H3,(H,26,27,31). The number of carbonyl (C=O) groups is 1. The van der Waals surface area contributed by atoms with Crippen LogP contribution < -0.4 is 15.0 Å². The Balaban J connectivity index is 1.15. The van der Waals surface area contributed by atoms with Crippen LogP contribution in [-0.2, 0) is 11.8 Å². The minimum absolute atomic E-state index is 0.0595. The number of nitrogens with one attached hydrogen (secondary N) is 1. The fourth-order valence-electron chi connectivity index (χ4n) is 3.91. The van der Waals surface area contributed by atoms with Gasteiger partial charge in [0.2, 0.25) is 5.91 Å². The van der Waals surface area contributed by atoms with Crippen molar-refractivity contribution < 1.29 is 9.53 Å². The number of hydrogen-bond donors (Lipinski definition) is 1. The largest absolute Gasteiger partial charge is 0.497 e. The Bertz CT molecular complexity index is 1260. The Morgan fingerprint density at radius 2 is 1.94 bits per heavy atom. The van der Waals surface area contributed by atoms with E-state index < -0.39 is 0 Å². The number of thiazole rings is 1. The Hall–Kier alpha value is -3.57. The SMILES string of the molecule is COc1ccc(-c2csc(NC(=O)CN3CCN(c4ncnc5c4cnn5C)CC3)n2)cc1. The van der Waals surface area contributed by atoms with Gasteiger partial charge < -0.3 is 15.0 Å². The molecule has 0 bridgehead atoms. The lowest BCUT2D eigenvalue weighted by atomic mass is 10.2. The summed E-state index contributed by atoms with van der Waals surface area (Å²) in [5.74, 6) is 1.63. The number of anilines is 2. The summed E-state index contributed by atoms with van der Waals surface area (Å²) in [6, 6.07) is 7.70. The van der Waals surface area contributed by atoms with E-state index in [4.69, 9.17) is 4.74 Å². The number of hydrogen-bond acceptors (Lipinski definition) is 9. The molecule has 3 aromatic heterocycles. The van der Waals surface area contributed by atoms with E-state index in [0.29, 0.717) is 11.7 Å². The van der Waals surface area contributed by atoms with Crippen molar-refractivity contribution in [1.29, 1.82) is 0 Å². The average molecular weight is 465 g/mol. The van der Waals surface area contributed by atoms with Crippen LogP contribution in [0.1, 0.15) is 0 Å². The molecule has 0 saturated carbocycles. The molecule has 1 saturated heterocycles. The molecule has 4 heterocycles. The van der Waals surface area contributed by atoms with Crippen molar-refractivity contribution in [3.8, 4) is 17.0 Å². The minimum atomic E-state index is -0.0595. The summed E-state index contributed by atoms with van der Waals surface area (Å²) in [5.41, 5.74) is 2.63. The molecular weight excluding hydrogens is 440 g/mol. The van der Waals surface area contributed by atoms with Gasteiger partial charge in [-0.1, -0.05) is 0 Å². The molecule has 1 aromatic carbocycles. The van der Waals surface area contributed by atoms with Crippen LogP contribution in [0.4, 0.5) is 10.9 Å². The van der Waals surface area contributed by atoms with Crippen molar-refractivity contribution in [2.45, 2.75) is 0 Å². The van der Waals surface area contributed by atoms with Crippen molar-refractivity contribution in [2.75, 3.05) is 50.1 Å². The third-order valence-corrected chi connectivity index (χ3v) is 6.44. The summed E-state index contributed by atoms with van der Waals surface area (Å²) in [5, 5.41) is 10.7. The first kappa shape index (κ1) is 21.3. The molecule has 4 aromatic rings. The summed E-state index contributed by atoms with van der Waals surface area (Å²) in [4.78, 5) is 30.3. The van der Waals surface area contributed by atoms with E-state index in [1.165, 1.54) is 11.3 Å². The molecule has 0 radical (unpaired) electrons. The monoisotopic (exact) mass is 464 g/mol. The second-order valence-corrected chi connectivity index (χ2v) is 8.64. The van der Waals surface area contributed by atoms with Crippen molar-refractivity contribution >= 4 is 39.2 Å². The molecule has 10 nitrogen and oxygen atoms in total. The van der Waals surface area contributed by atoms with Gasteiger partial charge in [-0.3, -0.25) is 14.4 Å². The number of aryl methyl sites for hydroxylation is 1. The molecule has 0 unspecified atom stereocenters. The lowest BCUT2D eigenvalue weighted by Gasteiger charge is -2.35. The highest BCUT2D eigenvalue weighted by molar-refractivity contribution is 7.14. The van der Waals surface area contributed by atoms with E-state index in [1.54, 1.807) is 24.3 Å². The lowest BCUT2D eigenvalue weighted by molar-refractivity contribution is -0.117. The van der Waals surface area contributed by atoms with E-state index in [1.807, 2.05) is 36.7 Å². The number of benzene rings is 1. The van der Waals surface area contributed by atoms with E-state index >= 15 is 0 Å². The molecule has 0 atom stereocenters. The fourth-order valence-corrected chi connectivity index (χ4v) is 4.64. The van der Waals surface area contributed by atoms with Gasteiger partial charge in [0.25, 0.3) is 0 Å². The molecule has 1 fully saturated rings. The number of methoxy groups -OCH3 is 1. The van der Waals surface area contributed by atoms with Gasteiger partial charge in [0.1, 0.15) is 17.9 Å². The Labute approximate surface area is 194 Å². The average Bonchev–Trinajstić information content (AvgIpc) is 3.46. The molecule has 5 rings (SSSR count). The first-order valence-electron chi connectivity index (χ1n) is 10.6. The first-order valence-corrected chi connectivity index (χ1v) is 11.5. The van der Waals surface area contributed by atoms with E-state index in [2.05, 4.69) is 35.2 Å². The normalized spacial score (nSPS) is 14.5. The number of amides is 1. The van der Waals surface area contributed by atoms with Crippen LogP contribution in [-0.4, -0.2) is 75.4 Å². The quantitative estimate of drug-likeness (QED) is 0.464. The highest BCUT2D eigenvalue weighted by Crippen LogP contribution is 2.27. The van der Waals surface area contributed by atoms with Crippen molar-refractivity contribution in [1.82, 2.24) is 29.6 Å². The third-order valence-electron chi connectivity index (χ3n) is 5.68. The van der Waals surface area contributed by atoms with Crippen LogP contribution in [0.3, 0.4) is 0 Å². The van der Waals surface area contributed by atoms with Gasteiger partial charge in [-0.2, -0.15) is 5.10 Å². The molecule has 1 amide bonds. The Morgan fingerprint density at radius 3 is 2.70 bits per heavy atom. The van der Waals surface area contributed by atoms with Crippen molar-refractivity contribution in [2.24, 2.45) is 7.05 Å². The highest BCUT2D eigenvalue weighted by atomic mass is 32.1. The maximum Gasteiger partial charge on any atom is 0.240 e.